The third-order valence-corrected chi connectivity index (χ3v) is 3.49. The van der Waals surface area contributed by atoms with Crippen LogP contribution in [-0.4, -0.2) is 17.0 Å². The number of rotatable bonds is 6. The summed E-state index contributed by atoms with van der Waals surface area (Å²) in [7, 11) is 0. The fraction of sp³-hybridized carbons (Fsp3) is 0.333. The zero-order valence-corrected chi connectivity index (χ0v) is 13.4. The van der Waals surface area contributed by atoms with Gasteiger partial charge in [0.15, 0.2) is 0 Å². The quantitative estimate of drug-likeness (QED) is 0.847. The van der Waals surface area contributed by atoms with Crippen LogP contribution < -0.4 is 15.4 Å². The predicted octanol–water partition coefficient (Wildman–Crippen LogP) is 3.96. The average Bonchev–Trinajstić information content (AvgIpc) is 3.35. The number of amides is 1. The lowest BCUT2D eigenvalue weighted by Gasteiger charge is -2.15. The van der Waals surface area contributed by atoms with Crippen LogP contribution >= 0.6 is 0 Å². The topological polar surface area (TPSA) is 63.2 Å². The highest BCUT2D eigenvalue weighted by molar-refractivity contribution is 5.93. The smallest absolute Gasteiger partial charge is 0.228 e. The summed E-state index contributed by atoms with van der Waals surface area (Å²) in [6.07, 6.45) is 3.78. The van der Waals surface area contributed by atoms with E-state index in [1.165, 1.54) is 0 Å². The number of anilines is 3. The van der Waals surface area contributed by atoms with Crippen molar-refractivity contribution in [1.29, 1.82) is 0 Å². The third kappa shape index (κ3) is 4.22. The molecule has 1 amide bonds. The molecular weight excluding hydrogens is 290 g/mol. The fourth-order valence-electron chi connectivity index (χ4n) is 2.20. The molecule has 2 aromatic rings. The molecule has 0 bridgehead atoms. The minimum atomic E-state index is 0.0638. The van der Waals surface area contributed by atoms with E-state index in [1.54, 1.807) is 12.3 Å². The van der Waals surface area contributed by atoms with E-state index in [4.69, 9.17) is 4.74 Å². The van der Waals surface area contributed by atoms with Crippen molar-refractivity contribution in [3.8, 4) is 5.75 Å². The molecule has 0 atom stereocenters. The highest BCUT2D eigenvalue weighted by Crippen LogP contribution is 2.30. The van der Waals surface area contributed by atoms with Crippen LogP contribution in [0.1, 0.15) is 26.7 Å². The molecule has 1 fully saturated rings. The Morgan fingerprint density at radius 2 is 2.00 bits per heavy atom. The molecule has 1 aliphatic carbocycles. The van der Waals surface area contributed by atoms with E-state index < -0.39 is 0 Å². The molecule has 1 aliphatic rings. The van der Waals surface area contributed by atoms with Gasteiger partial charge in [0.2, 0.25) is 5.91 Å². The maximum Gasteiger partial charge on any atom is 0.228 e. The van der Waals surface area contributed by atoms with Gasteiger partial charge in [-0.15, -0.1) is 0 Å². The van der Waals surface area contributed by atoms with E-state index in [2.05, 4.69) is 15.6 Å². The molecule has 0 aliphatic heterocycles. The summed E-state index contributed by atoms with van der Waals surface area (Å²) in [5.41, 5.74) is 1.73. The Morgan fingerprint density at radius 3 is 2.65 bits per heavy atom. The van der Waals surface area contributed by atoms with E-state index in [0.717, 1.165) is 30.0 Å². The second-order valence-electron chi connectivity index (χ2n) is 5.98. The summed E-state index contributed by atoms with van der Waals surface area (Å²) in [4.78, 5) is 16.0. The summed E-state index contributed by atoms with van der Waals surface area (Å²) < 4.78 is 5.79. The molecule has 3 rings (SSSR count). The van der Waals surface area contributed by atoms with E-state index >= 15 is 0 Å². The van der Waals surface area contributed by atoms with Crippen molar-refractivity contribution in [2.75, 3.05) is 10.6 Å². The average molecular weight is 311 g/mol. The van der Waals surface area contributed by atoms with E-state index in [9.17, 15) is 4.79 Å². The van der Waals surface area contributed by atoms with Crippen molar-refractivity contribution in [1.82, 2.24) is 4.98 Å². The molecular formula is C18H21N3O2. The lowest BCUT2D eigenvalue weighted by Crippen LogP contribution is -2.14. The van der Waals surface area contributed by atoms with E-state index in [0.29, 0.717) is 5.82 Å². The lowest BCUT2D eigenvalue weighted by atomic mass is 10.2. The van der Waals surface area contributed by atoms with Gasteiger partial charge in [-0.2, -0.15) is 0 Å². The van der Waals surface area contributed by atoms with Gasteiger partial charge in [-0.05, 0) is 51.0 Å². The van der Waals surface area contributed by atoms with Crippen LogP contribution in [0.4, 0.5) is 17.2 Å². The monoisotopic (exact) mass is 311 g/mol. The molecule has 23 heavy (non-hydrogen) atoms. The molecule has 0 radical (unpaired) electrons. The molecule has 1 heterocycles. The minimum absolute atomic E-state index is 0.0638. The molecule has 1 saturated carbocycles. The molecule has 0 spiro atoms. The fourth-order valence-corrected chi connectivity index (χ4v) is 2.20. The molecule has 1 aromatic carbocycles. The first-order valence-corrected chi connectivity index (χ1v) is 7.91. The van der Waals surface area contributed by atoms with Gasteiger partial charge in [0, 0.05) is 5.92 Å². The van der Waals surface area contributed by atoms with Crippen LogP contribution in [0.2, 0.25) is 0 Å². The van der Waals surface area contributed by atoms with Crippen molar-refractivity contribution < 1.29 is 9.53 Å². The summed E-state index contributed by atoms with van der Waals surface area (Å²) in [6, 6.07) is 11.5. The minimum Gasteiger partial charge on any atom is -0.489 e. The number of para-hydroxylation sites is 2. The first kappa shape index (κ1) is 15.3. The third-order valence-electron chi connectivity index (χ3n) is 3.49. The normalized spacial score (nSPS) is 13.7. The predicted molar refractivity (Wildman–Crippen MR) is 91.1 cm³/mol. The Kier molecular flexibility index (Phi) is 4.46. The number of aromatic nitrogens is 1. The highest BCUT2D eigenvalue weighted by Gasteiger charge is 2.29. The molecule has 0 saturated heterocycles. The van der Waals surface area contributed by atoms with Gasteiger partial charge in [-0.3, -0.25) is 4.79 Å². The molecule has 5 heteroatoms. The number of ether oxygens (including phenoxy) is 1. The number of hydrogen-bond donors (Lipinski definition) is 2. The van der Waals surface area contributed by atoms with Crippen molar-refractivity contribution in [2.24, 2.45) is 5.92 Å². The van der Waals surface area contributed by atoms with Crippen LogP contribution in [0.3, 0.4) is 0 Å². The van der Waals surface area contributed by atoms with Crippen LogP contribution in [0.15, 0.2) is 42.6 Å². The van der Waals surface area contributed by atoms with Crippen molar-refractivity contribution in [3.05, 3.63) is 42.6 Å². The van der Waals surface area contributed by atoms with Crippen molar-refractivity contribution in [2.45, 2.75) is 32.8 Å². The van der Waals surface area contributed by atoms with Gasteiger partial charge in [-0.25, -0.2) is 4.98 Å². The van der Waals surface area contributed by atoms with Crippen LogP contribution in [0, 0.1) is 5.92 Å². The van der Waals surface area contributed by atoms with Gasteiger partial charge in [-0.1, -0.05) is 12.1 Å². The molecule has 0 unspecified atom stereocenters. The number of carbonyl (C=O) groups is 1. The van der Waals surface area contributed by atoms with Crippen molar-refractivity contribution in [3.63, 3.8) is 0 Å². The number of pyridine rings is 1. The van der Waals surface area contributed by atoms with Crippen LogP contribution in [0.5, 0.6) is 5.75 Å². The Morgan fingerprint density at radius 1 is 1.22 bits per heavy atom. The zero-order valence-electron chi connectivity index (χ0n) is 13.4. The SMILES string of the molecule is CC(C)Oc1ccccc1Nc1ccc(NC(=O)C2CC2)nc1. The number of carbonyl (C=O) groups excluding carboxylic acids is 1. The van der Waals surface area contributed by atoms with Gasteiger partial charge in [0.25, 0.3) is 0 Å². The van der Waals surface area contributed by atoms with E-state index in [1.807, 2.05) is 44.2 Å². The van der Waals surface area contributed by atoms with E-state index in [-0.39, 0.29) is 17.9 Å². The Labute approximate surface area is 136 Å². The second-order valence-corrected chi connectivity index (χ2v) is 5.98. The Bertz CT molecular complexity index is 679. The highest BCUT2D eigenvalue weighted by atomic mass is 16.5. The van der Waals surface area contributed by atoms with Crippen LogP contribution in [0.25, 0.3) is 0 Å². The molecule has 120 valence electrons. The van der Waals surface area contributed by atoms with Gasteiger partial charge < -0.3 is 15.4 Å². The van der Waals surface area contributed by atoms with Crippen LogP contribution in [-0.2, 0) is 4.79 Å². The first-order chi connectivity index (χ1) is 11.1. The Balaban J connectivity index is 1.67. The standard InChI is InChI=1S/C18H21N3O2/c1-12(2)23-16-6-4-3-5-15(16)20-14-9-10-17(19-11-14)21-18(22)13-7-8-13/h3-6,9-13,20H,7-8H2,1-2H3,(H,19,21,22). The molecule has 2 N–H and O–H groups in total. The summed E-state index contributed by atoms with van der Waals surface area (Å²) in [5.74, 6) is 1.62. The number of hydrogen-bond acceptors (Lipinski definition) is 4. The summed E-state index contributed by atoms with van der Waals surface area (Å²) >= 11 is 0. The maximum absolute atomic E-state index is 11.7. The van der Waals surface area contributed by atoms with Gasteiger partial charge in [0.05, 0.1) is 23.7 Å². The molecule has 5 nitrogen and oxygen atoms in total. The number of nitrogens with zero attached hydrogens (tertiary/aromatic N) is 1. The lowest BCUT2D eigenvalue weighted by molar-refractivity contribution is -0.117. The summed E-state index contributed by atoms with van der Waals surface area (Å²) in [5, 5.41) is 6.12. The zero-order chi connectivity index (χ0) is 16.2. The largest absolute Gasteiger partial charge is 0.489 e. The molecule has 1 aromatic heterocycles. The second kappa shape index (κ2) is 6.69. The van der Waals surface area contributed by atoms with Crippen molar-refractivity contribution >= 4 is 23.1 Å². The number of nitrogens with one attached hydrogen (secondary N) is 2. The Hall–Kier alpha value is -2.56. The summed E-state index contributed by atoms with van der Waals surface area (Å²) in [6.45, 7) is 3.99. The van der Waals surface area contributed by atoms with Gasteiger partial charge >= 0.3 is 0 Å². The first-order valence-electron chi connectivity index (χ1n) is 7.91. The maximum atomic E-state index is 11.7. The number of benzene rings is 1. The van der Waals surface area contributed by atoms with Gasteiger partial charge in [0.1, 0.15) is 11.6 Å².